The Morgan fingerprint density at radius 3 is 2.21 bits per heavy atom. The van der Waals surface area contributed by atoms with E-state index in [2.05, 4.69) is 0 Å². The molecule has 7 heteroatoms. The number of hydrogen-bond donors (Lipinski definition) is 0. The summed E-state index contributed by atoms with van der Waals surface area (Å²) >= 11 is 0. The zero-order chi connectivity index (χ0) is 17.4. The zero-order valence-electron chi connectivity index (χ0n) is 13.9. The van der Waals surface area contributed by atoms with Crippen molar-refractivity contribution in [3.8, 4) is 5.75 Å². The highest BCUT2D eigenvalue weighted by atomic mass is 19.1. The maximum atomic E-state index is 12.8. The number of methoxy groups -OCH3 is 1. The number of carbonyl (C=O) groups excluding carboxylic acids is 2. The first-order valence-corrected chi connectivity index (χ1v) is 8.03. The van der Waals surface area contributed by atoms with Crippen LogP contribution in [0.2, 0.25) is 0 Å². The van der Waals surface area contributed by atoms with Crippen LogP contribution >= 0.6 is 0 Å². The molecule has 0 radical (unpaired) electrons. The van der Waals surface area contributed by atoms with E-state index in [-0.39, 0.29) is 24.2 Å². The number of halogens is 1. The van der Waals surface area contributed by atoms with E-state index < -0.39 is 0 Å². The average molecular weight is 338 g/mol. The number of carbonyl (C=O) groups is 2. The van der Waals surface area contributed by atoms with E-state index in [1.165, 1.54) is 19.2 Å². The molecule has 6 nitrogen and oxygen atoms in total. The van der Waals surface area contributed by atoms with E-state index >= 15 is 0 Å². The first-order chi connectivity index (χ1) is 11.6. The molecule has 1 fully saturated rings. The van der Waals surface area contributed by atoms with Gasteiger partial charge in [-0.1, -0.05) is 0 Å². The van der Waals surface area contributed by atoms with Crippen molar-refractivity contribution in [1.82, 2.24) is 9.80 Å². The van der Waals surface area contributed by atoms with Gasteiger partial charge in [0.2, 0.25) is 11.8 Å². The summed E-state index contributed by atoms with van der Waals surface area (Å²) in [5.41, 5.74) is 0. The molecule has 2 amide bonds. The van der Waals surface area contributed by atoms with Crippen molar-refractivity contribution in [2.45, 2.75) is 12.8 Å². The summed E-state index contributed by atoms with van der Waals surface area (Å²) < 4.78 is 23.1. The first kappa shape index (κ1) is 18.2. The average Bonchev–Trinajstić information content (AvgIpc) is 2.60. The van der Waals surface area contributed by atoms with Crippen molar-refractivity contribution >= 4 is 11.8 Å². The van der Waals surface area contributed by atoms with Gasteiger partial charge < -0.3 is 19.3 Å². The summed E-state index contributed by atoms with van der Waals surface area (Å²) in [7, 11) is 1.49. The summed E-state index contributed by atoms with van der Waals surface area (Å²) in [5.74, 6) is 0.309. The van der Waals surface area contributed by atoms with Crippen molar-refractivity contribution in [3.63, 3.8) is 0 Å². The SMILES string of the molecule is COCC(=O)N1CCN(C(=O)CCCOc2ccc(F)cc2)CC1. The molecule has 0 spiro atoms. The molecule has 0 bridgehead atoms. The van der Waals surface area contributed by atoms with Crippen LogP contribution in [0.3, 0.4) is 0 Å². The summed E-state index contributed by atoms with van der Waals surface area (Å²) in [5, 5.41) is 0. The van der Waals surface area contributed by atoms with Crippen molar-refractivity contribution < 1.29 is 23.5 Å². The number of amides is 2. The Balaban J connectivity index is 1.63. The van der Waals surface area contributed by atoms with Gasteiger partial charge in [0, 0.05) is 39.7 Å². The Morgan fingerprint density at radius 2 is 1.62 bits per heavy atom. The Bertz CT molecular complexity index is 542. The lowest BCUT2D eigenvalue weighted by Gasteiger charge is -2.34. The van der Waals surface area contributed by atoms with Crippen molar-refractivity contribution in [2.24, 2.45) is 0 Å². The van der Waals surface area contributed by atoms with E-state index in [4.69, 9.17) is 9.47 Å². The van der Waals surface area contributed by atoms with E-state index in [0.717, 1.165) is 0 Å². The molecule has 1 aliphatic rings. The van der Waals surface area contributed by atoms with Crippen LogP contribution in [-0.4, -0.2) is 68.1 Å². The molecule has 1 aromatic rings. The predicted molar refractivity (Wildman–Crippen MR) is 86.2 cm³/mol. The number of rotatable bonds is 7. The second-order valence-electron chi connectivity index (χ2n) is 5.60. The van der Waals surface area contributed by atoms with Crippen LogP contribution in [0.5, 0.6) is 5.75 Å². The summed E-state index contributed by atoms with van der Waals surface area (Å²) in [6.45, 7) is 2.67. The van der Waals surface area contributed by atoms with Gasteiger partial charge in [-0.05, 0) is 30.7 Å². The molecule has 24 heavy (non-hydrogen) atoms. The fraction of sp³-hybridized carbons (Fsp3) is 0.529. The maximum Gasteiger partial charge on any atom is 0.248 e. The molecule has 2 rings (SSSR count). The van der Waals surface area contributed by atoms with Crippen LogP contribution in [-0.2, 0) is 14.3 Å². The molecule has 0 unspecified atom stereocenters. The third-order valence-corrected chi connectivity index (χ3v) is 3.87. The number of ether oxygens (including phenoxy) is 2. The van der Waals surface area contributed by atoms with Gasteiger partial charge in [-0.25, -0.2) is 4.39 Å². The van der Waals surface area contributed by atoms with Gasteiger partial charge in [-0.3, -0.25) is 9.59 Å². The Morgan fingerprint density at radius 1 is 1.04 bits per heavy atom. The maximum absolute atomic E-state index is 12.8. The number of hydrogen-bond acceptors (Lipinski definition) is 4. The molecule has 0 N–H and O–H groups in total. The Kier molecular flexibility index (Phi) is 6.99. The molecular formula is C17H23FN2O4. The van der Waals surface area contributed by atoms with Crippen LogP contribution in [0.25, 0.3) is 0 Å². The van der Waals surface area contributed by atoms with E-state index in [0.29, 0.717) is 51.4 Å². The summed E-state index contributed by atoms with van der Waals surface area (Å²) in [6, 6.07) is 5.80. The zero-order valence-corrected chi connectivity index (χ0v) is 13.9. The van der Waals surface area contributed by atoms with Crippen LogP contribution in [0.1, 0.15) is 12.8 Å². The van der Waals surface area contributed by atoms with Crippen molar-refractivity contribution in [1.29, 1.82) is 0 Å². The van der Waals surface area contributed by atoms with Crippen molar-refractivity contribution in [3.05, 3.63) is 30.1 Å². The molecule has 0 atom stereocenters. The minimum absolute atomic E-state index is 0.0442. The van der Waals surface area contributed by atoms with E-state index in [1.807, 2.05) is 0 Å². The number of piperazine rings is 1. The molecule has 0 aliphatic carbocycles. The lowest BCUT2D eigenvalue weighted by Crippen LogP contribution is -2.51. The van der Waals surface area contributed by atoms with Gasteiger partial charge in [0.15, 0.2) is 0 Å². The minimum Gasteiger partial charge on any atom is -0.494 e. The van der Waals surface area contributed by atoms with Gasteiger partial charge in [0.1, 0.15) is 18.2 Å². The molecule has 1 aromatic carbocycles. The normalized spacial score (nSPS) is 14.6. The van der Waals surface area contributed by atoms with Crippen LogP contribution in [0.4, 0.5) is 4.39 Å². The molecule has 1 saturated heterocycles. The van der Waals surface area contributed by atoms with Crippen LogP contribution < -0.4 is 4.74 Å². The summed E-state index contributed by atoms with van der Waals surface area (Å²) in [6.07, 6.45) is 0.992. The molecule has 132 valence electrons. The lowest BCUT2D eigenvalue weighted by molar-refractivity contribution is -0.141. The quantitative estimate of drug-likeness (QED) is 0.703. The standard InChI is InChI=1S/C17H23FN2O4/c1-23-13-17(22)20-10-8-19(9-11-20)16(21)3-2-12-24-15-6-4-14(18)5-7-15/h4-7H,2-3,8-13H2,1H3. The molecular weight excluding hydrogens is 315 g/mol. The first-order valence-electron chi connectivity index (χ1n) is 8.03. The monoisotopic (exact) mass is 338 g/mol. The third-order valence-electron chi connectivity index (χ3n) is 3.87. The fourth-order valence-electron chi connectivity index (χ4n) is 2.52. The van der Waals surface area contributed by atoms with E-state index in [1.54, 1.807) is 21.9 Å². The molecule has 1 aliphatic heterocycles. The van der Waals surface area contributed by atoms with E-state index in [9.17, 15) is 14.0 Å². The third kappa shape index (κ3) is 5.49. The second kappa shape index (κ2) is 9.22. The predicted octanol–water partition coefficient (Wildman–Crippen LogP) is 1.30. The minimum atomic E-state index is -0.305. The molecule has 0 saturated carbocycles. The highest BCUT2D eigenvalue weighted by molar-refractivity contribution is 5.79. The van der Waals surface area contributed by atoms with Gasteiger partial charge in [0.25, 0.3) is 0 Å². The van der Waals surface area contributed by atoms with Gasteiger partial charge in [-0.2, -0.15) is 0 Å². The van der Waals surface area contributed by atoms with Gasteiger partial charge >= 0.3 is 0 Å². The summed E-state index contributed by atoms with van der Waals surface area (Å²) in [4.78, 5) is 27.3. The van der Waals surface area contributed by atoms with Crippen LogP contribution in [0, 0.1) is 5.82 Å². The number of nitrogens with zero attached hydrogens (tertiary/aromatic N) is 2. The van der Waals surface area contributed by atoms with Gasteiger partial charge in [-0.15, -0.1) is 0 Å². The highest BCUT2D eigenvalue weighted by Gasteiger charge is 2.23. The smallest absolute Gasteiger partial charge is 0.248 e. The molecule has 1 heterocycles. The van der Waals surface area contributed by atoms with Crippen LogP contribution in [0.15, 0.2) is 24.3 Å². The Hall–Kier alpha value is -2.15. The second-order valence-corrected chi connectivity index (χ2v) is 5.60. The topological polar surface area (TPSA) is 59.1 Å². The van der Waals surface area contributed by atoms with Crippen molar-refractivity contribution in [2.75, 3.05) is 46.5 Å². The van der Waals surface area contributed by atoms with Gasteiger partial charge in [0.05, 0.1) is 6.61 Å². The number of benzene rings is 1. The fourth-order valence-corrected chi connectivity index (χ4v) is 2.52. The highest BCUT2D eigenvalue weighted by Crippen LogP contribution is 2.12. The lowest BCUT2D eigenvalue weighted by atomic mass is 10.2. The Labute approximate surface area is 141 Å². The molecule has 0 aromatic heterocycles. The largest absolute Gasteiger partial charge is 0.494 e.